The van der Waals surface area contributed by atoms with Gasteiger partial charge in [-0.25, -0.2) is 0 Å². The molecule has 0 spiro atoms. The van der Waals surface area contributed by atoms with Gasteiger partial charge in [-0.2, -0.15) is 0 Å². The molecule has 0 aromatic heterocycles. The van der Waals surface area contributed by atoms with Crippen LogP contribution in [0, 0.1) is 0 Å². The zero-order valence-electron chi connectivity index (χ0n) is 7.58. The lowest BCUT2D eigenvalue weighted by Gasteiger charge is -2.28. The Morgan fingerprint density at radius 1 is 1.45 bits per heavy atom. The second-order valence-corrected chi connectivity index (χ2v) is 3.33. The van der Waals surface area contributed by atoms with Crippen molar-refractivity contribution in [1.29, 1.82) is 0 Å². The third kappa shape index (κ3) is 1.94. The molecule has 0 saturated carbocycles. The highest BCUT2D eigenvalue weighted by Crippen LogP contribution is 2.20. The molecule has 0 aromatic carbocycles. The number of hydrogen-bond acceptors (Lipinski definition) is 2. The number of nitrogens with zero attached hydrogens (tertiary/aromatic N) is 1. The molecule has 1 N–H and O–H groups in total. The van der Waals surface area contributed by atoms with E-state index in [1.807, 2.05) is 0 Å². The van der Waals surface area contributed by atoms with Gasteiger partial charge in [0.05, 0.1) is 0 Å². The van der Waals surface area contributed by atoms with Gasteiger partial charge in [-0.3, -0.25) is 4.90 Å². The van der Waals surface area contributed by atoms with E-state index in [2.05, 4.69) is 18.7 Å². The minimum atomic E-state index is -0.153. The summed E-state index contributed by atoms with van der Waals surface area (Å²) < 4.78 is 0. The quantitative estimate of drug-likeness (QED) is 0.672. The van der Waals surface area contributed by atoms with E-state index < -0.39 is 0 Å². The van der Waals surface area contributed by atoms with E-state index in [-0.39, 0.29) is 6.23 Å². The lowest BCUT2D eigenvalue weighted by Crippen LogP contribution is -2.38. The van der Waals surface area contributed by atoms with Crippen molar-refractivity contribution >= 4 is 0 Å². The van der Waals surface area contributed by atoms with Gasteiger partial charge in [0.1, 0.15) is 6.23 Å². The van der Waals surface area contributed by atoms with Crippen molar-refractivity contribution < 1.29 is 5.11 Å². The molecule has 1 heterocycles. The number of rotatable bonds is 3. The van der Waals surface area contributed by atoms with Gasteiger partial charge >= 0.3 is 0 Å². The van der Waals surface area contributed by atoms with Gasteiger partial charge in [0, 0.05) is 12.6 Å². The normalized spacial score (nSPS) is 26.7. The summed E-state index contributed by atoms with van der Waals surface area (Å²) in [5.74, 6) is 0. The lowest BCUT2D eigenvalue weighted by atomic mass is 10.1. The molecular weight excluding hydrogens is 138 g/mol. The second kappa shape index (κ2) is 4.07. The summed E-state index contributed by atoms with van der Waals surface area (Å²) in [5, 5.41) is 9.55. The van der Waals surface area contributed by atoms with Crippen molar-refractivity contribution in [3.63, 3.8) is 0 Å². The minimum absolute atomic E-state index is 0.153. The van der Waals surface area contributed by atoms with Gasteiger partial charge in [0.15, 0.2) is 0 Å². The van der Waals surface area contributed by atoms with Gasteiger partial charge in [0.25, 0.3) is 0 Å². The van der Waals surface area contributed by atoms with Crippen LogP contribution < -0.4 is 0 Å². The minimum Gasteiger partial charge on any atom is -0.378 e. The van der Waals surface area contributed by atoms with Crippen LogP contribution in [0.25, 0.3) is 0 Å². The van der Waals surface area contributed by atoms with Crippen molar-refractivity contribution in [2.45, 2.75) is 51.8 Å². The molecule has 1 unspecified atom stereocenters. The molecule has 11 heavy (non-hydrogen) atoms. The van der Waals surface area contributed by atoms with Crippen LogP contribution in [0.2, 0.25) is 0 Å². The molecule has 1 rings (SSSR count). The Morgan fingerprint density at radius 3 is 2.45 bits per heavy atom. The van der Waals surface area contributed by atoms with Crippen LogP contribution >= 0.6 is 0 Å². The highest BCUT2D eigenvalue weighted by Gasteiger charge is 2.26. The average Bonchev–Trinajstić information content (AvgIpc) is 2.40. The van der Waals surface area contributed by atoms with E-state index in [0.29, 0.717) is 6.04 Å². The summed E-state index contributed by atoms with van der Waals surface area (Å²) in [6.45, 7) is 5.48. The summed E-state index contributed by atoms with van der Waals surface area (Å²) in [4.78, 5) is 2.24. The molecule has 1 fully saturated rings. The van der Waals surface area contributed by atoms with Gasteiger partial charge in [-0.1, -0.05) is 13.8 Å². The molecule has 1 aliphatic heterocycles. The first kappa shape index (κ1) is 9.01. The van der Waals surface area contributed by atoms with E-state index in [1.165, 1.54) is 0 Å². The zero-order valence-corrected chi connectivity index (χ0v) is 7.58. The summed E-state index contributed by atoms with van der Waals surface area (Å²) in [6.07, 6.45) is 4.30. The molecule has 1 atom stereocenters. The van der Waals surface area contributed by atoms with Crippen LogP contribution in [0.4, 0.5) is 0 Å². The molecule has 1 aliphatic rings. The van der Waals surface area contributed by atoms with Gasteiger partial charge in [-0.05, 0) is 25.7 Å². The number of aliphatic hydroxyl groups is 1. The van der Waals surface area contributed by atoms with Crippen molar-refractivity contribution in [1.82, 2.24) is 4.90 Å². The number of likely N-dealkylation sites (tertiary alicyclic amines) is 1. The molecule has 0 aromatic rings. The summed E-state index contributed by atoms with van der Waals surface area (Å²) in [6, 6.07) is 0.604. The Kier molecular flexibility index (Phi) is 3.34. The van der Waals surface area contributed by atoms with Gasteiger partial charge in [-0.15, -0.1) is 0 Å². The fourth-order valence-corrected chi connectivity index (χ4v) is 1.95. The first-order valence-electron chi connectivity index (χ1n) is 4.73. The van der Waals surface area contributed by atoms with E-state index in [4.69, 9.17) is 0 Å². The largest absolute Gasteiger partial charge is 0.378 e. The third-order valence-electron chi connectivity index (χ3n) is 2.67. The highest BCUT2D eigenvalue weighted by molar-refractivity contribution is 4.77. The van der Waals surface area contributed by atoms with Gasteiger partial charge < -0.3 is 5.11 Å². The van der Waals surface area contributed by atoms with E-state index >= 15 is 0 Å². The van der Waals surface area contributed by atoms with Crippen molar-refractivity contribution in [2.75, 3.05) is 6.54 Å². The van der Waals surface area contributed by atoms with Crippen molar-refractivity contribution in [2.24, 2.45) is 0 Å². The van der Waals surface area contributed by atoms with Crippen LogP contribution in [0.3, 0.4) is 0 Å². The molecular formula is C9H19NO. The second-order valence-electron chi connectivity index (χ2n) is 3.33. The fourth-order valence-electron chi connectivity index (χ4n) is 1.95. The predicted molar refractivity (Wildman–Crippen MR) is 46.3 cm³/mol. The first-order valence-corrected chi connectivity index (χ1v) is 4.73. The standard InChI is InChI=1S/C9H19NO/c1-3-8(4-2)10-7-5-6-9(10)11/h8-9,11H,3-7H2,1-2H3. The van der Waals surface area contributed by atoms with Crippen LogP contribution in [0.1, 0.15) is 39.5 Å². The Morgan fingerprint density at radius 2 is 2.09 bits per heavy atom. The maximum Gasteiger partial charge on any atom is 0.107 e. The molecule has 0 radical (unpaired) electrons. The topological polar surface area (TPSA) is 23.5 Å². The fraction of sp³-hybridized carbons (Fsp3) is 1.00. The third-order valence-corrected chi connectivity index (χ3v) is 2.67. The molecule has 0 aliphatic carbocycles. The number of hydrogen-bond donors (Lipinski definition) is 1. The molecule has 66 valence electrons. The Balaban J connectivity index is 2.43. The molecule has 2 heteroatoms. The van der Waals surface area contributed by atoms with Crippen LogP contribution in [0.15, 0.2) is 0 Å². The zero-order chi connectivity index (χ0) is 8.27. The maximum absolute atomic E-state index is 9.55. The van der Waals surface area contributed by atoms with Crippen LogP contribution in [0.5, 0.6) is 0 Å². The maximum atomic E-state index is 9.55. The van der Waals surface area contributed by atoms with E-state index in [0.717, 1.165) is 32.2 Å². The Bertz CT molecular complexity index is 112. The molecule has 1 saturated heterocycles. The summed E-state index contributed by atoms with van der Waals surface area (Å²) in [7, 11) is 0. The number of aliphatic hydroxyl groups excluding tert-OH is 1. The lowest BCUT2D eigenvalue weighted by molar-refractivity contribution is 0.00622. The van der Waals surface area contributed by atoms with Crippen molar-refractivity contribution in [3.8, 4) is 0 Å². The molecule has 0 amide bonds. The van der Waals surface area contributed by atoms with E-state index in [1.54, 1.807) is 0 Å². The van der Waals surface area contributed by atoms with E-state index in [9.17, 15) is 5.11 Å². The molecule has 0 bridgehead atoms. The van der Waals surface area contributed by atoms with Gasteiger partial charge in [0.2, 0.25) is 0 Å². The summed E-state index contributed by atoms with van der Waals surface area (Å²) >= 11 is 0. The smallest absolute Gasteiger partial charge is 0.107 e. The Labute approximate surface area is 69.2 Å². The predicted octanol–water partition coefficient (Wildman–Crippen LogP) is 1.59. The monoisotopic (exact) mass is 157 g/mol. The SMILES string of the molecule is CCC(CC)N1CCCC1O. The average molecular weight is 157 g/mol. The van der Waals surface area contributed by atoms with Crippen molar-refractivity contribution in [3.05, 3.63) is 0 Å². The highest BCUT2D eigenvalue weighted by atomic mass is 16.3. The Hall–Kier alpha value is -0.0800. The summed E-state index contributed by atoms with van der Waals surface area (Å²) in [5.41, 5.74) is 0. The molecule has 2 nitrogen and oxygen atoms in total. The first-order chi connectivity index (χ1) is 5.29. The van der Waals surface area contributed by atoms with Crippen LogP contribution in [-0.4, -0.2) is 28.8 Å². The van der Waals surface area contributed by atoms with Crippen LogP contribution in [-0.2, 0) is 0 Å².